The van der Waals surface area contributed by atoms with Crippen LogP contribution in [0.3, 0.4) is 0 Å². The van der Waals surface area contributed by atoms with Crippen LogP contribution in [0.5, 0.6) is 5.75 Å². The van der Waals surface area contributed by atoms with Crippen molar-refractivity contribution in [3.63, 3.8) is 0 Å². The van der Waals surface area contributed by atoms with Gasteiger partial charge < -0.3 is 14.0 Å². The fourth-order valence-corrected chi connectivity index (χ4v) is 3.78. The van der Waals surface area contributed by atoms with Crippen molar-refractivity contribution >= 4 is 40.4 Å². The van der Waals surface area contributed by atoms with E-state index in [9.17, 15) is 4.79 Å². The minimum absolute atomic E-state index is 0.159. The molecule has 0 atom stereocenters. The second kappa shape index (κ2) is 9.51. The summed E-state index contributed by atoms with van der Waals surface area (Å²) in [4.78, 5) is 17.8. The molecule has 0 radical (unpaired) electrons. The van der Waals surface area contributed by atoms with Gasteiger partial charge >= 0.3 is 5.97 Å². The van der Waals surface area contributed by atoms with Gasteiger partial charge in [0, 0.05) is 22.7 Å². The summed E-state index contributed by atoms with van der Waals surface area (Å²) in [5.74, 6) is 1.29. The van der Waals surface area contributed by atoms with Gasteiger partial charge in [-0.3, -0.25) is 0 Å². The molecule has 0 N–H and O–H groups in total. The third kappa shape index (κ3) is 4.94. The minimum atomic E-state index is -0.470. The number of nitrogens with zero attached hydrogens (tertiary/aromatic N) is 2. The molecule has 1 heterocycles. The van der Waals surface area contributed by atoms with Gasteiger partial charge in [0.05, 0.1) is 23.7 Å². The molecule has 0 aliphatic carbocycles. The van der Waals surface area contributed by atoms with Crippen LogP contribution in [-0.4, -0.2) is 22.6 Å². The summed E-state index contributed by atoms with van der Waals surface area (Å²) in [6.45, 7) is 6.26. The topological polar surface area (TPSA) is 53.4 Å². The zero-order valence-corrected chi connectivity index (χ0v) is 19.8. The summed E-state index contributed by atoms with van der Waals surface area (Å²) >= 11 is 6.09. The summed E-state index contributed by atoms with van der Waals surface area (Å²) < 4.78 is 13.2. The summed E-state index contributed by atoms with van der Waals surface area (Å²) in [6.07, 6.45) is 1.81. The van der Waals surface area contributed by atoms with Crippen molar-refractivity contribution in [2.24, 2.45) is 0 Å². The number of halogens is 1. The van der Waals surface area contributed by atoms with E-state index in [0.717, 1.165) is 22.2 Å². The van der Waals surface area contributed by atoms with Crippen LogP contribution in [-0.2, 0) is 4.74 Å². The molecular formula is C27H25ClN2O3. The van der Waals surface area contributed by atoms with Crippen LogP contribution in [0.15, 0.2) is 66.7 Å². The van der Waals surface area contributed by atoms with Gasteiger partial charge in [0.1, 0.15) is 17.3 Å². The third-order valence-corrected chi connectivity index (χ3v) is 5.56. The monoisotopic (exact) mass is 460 g/mol. The standard InChI is InChI=1S/C27H25ClN2O3/c1-17(2)30-24-15-18(3)5-14-23(24)29-26(30)16-25(19-6-10-21(28)11-7-19)33-27(31)20-8-12-22(32-4)13-9-20/h5-17H,1-4H3. The van der Waals surface area contributed by atoms with Gasteiger partial charge in [-0.1, -0.05) is 17.7 Å². The highest BCUT2D eigenvalue weighted by Gasteiger charge is 2.17. The summed E-state index contributed by atoms with van der Waals surface area (Å²) in [7, 11) is 1.58. The quantitative estimate of drug-likeness (QED) is 0.231. The zero-order valence-electron chi connectivity index (χ0n) is 19.0. The first-order valence-electron chi connectivity index (χ1n) is 10.7. The molecule has 0 fully saturated rings. The summed E-state index contributed by atoms with van der Waals surface area (Å²) in [5, 5.41) is 0.601. The molecule has 4 rings (SSSR count). The van der Waals surface area contributed by atoms with Crippen molar-refractivity contribution in [3.8, 4) is 5.75 Å². The van der Waals surface area contributed by atoms with Crippen molar-refractivity contribution in [2.75, 3.05) is 7.11 Å². The largest absolute Gasteiger partial charge is 0.497 e. The highest BCUT2D eigenvalue weighted by molar-refractivity contribution is 6.30. The van der Waals surface area contributed by atoms with Crippen LogP contribution < -0.4 is 4.74 Å². The molecule has 0 saturated carbocycles. The Kier molecular flexibility index (Phi) is 6.52. The molecule has 33 heavy (non-hydrogen) atoms. The Hall–Kier alpha value is -3.57. The smallest absolute Gasteiger partial charge is 0.343 e. The Morgan fingerprint density at radius 1 is 1.00 bits per heavy atom. The number of fused-ring (bicyclic) bond motifs is 1. The molecule has 0 amide bonds. The van der Waals surface area contributed by atoms with Gasteiger partial charge in [0.25, 0.3) is 0 Å². The maximum atomic E-state index is 13.0. The van der Waals surface area contributed by atoms with Crippen LogP contribution >= 0.6 is 11.6 Å². The van der Waals surface area contributed by atoms with Crippen molar-refractivity contribution < 1.29 is 14.3 Å². The summed E-state index contributed by atoms with van der Waals surface area (Å²) in [5.41, 5.74) is 4.22. The van der Waals surface area contributed by atoms with Gasteiger partial charge in [0.2, 0.25) is 0 Å². The molecule has 0 aliphatic heterocycles. The van der Waals surface area contributed by atoms with E-state index in [4.69, 9.17) is 26.1 Å². The minimum Gasteiger partial charge on any atom is -0.497 e. The fourth-order valence-electron chi connectivity index (χ4n) is 3.66. The number of hydrogen-bond donors (Lipinski definition) is 0. The third-order valence-electron chi connectivity index (χ3n) is 5.31. The molecule has 0 spiro atoms. The van der Waals surface area contributed by atoms with E-state index in [1.165, 1.54) is 0 Å². The van der Waals surface area contributed by atoms with Crippen LogP contribution in [0.2, 0.25) is 5.02 Å². The summed E-state index contributed by atoms with van der Waals surface area (Å²) in [6, 6.07) is 20.3. The molecule has 4 aromatic rings. The van der Waals surface area contributed by atoms with Crippen LogP contribution in [0.1, 0.15) is 47.2 Å². The van der Waals surface area contributed by atoms with Gasteiger partial charge in [-0.25, -0.2) is 9.78 Å². The lowest BCUT2D eigenvalue weighted by atomic mass is 10.1. The fraction of sp³-hybridized carbons (Fsp3) is 0.185. The number of benzene rings is 3. The van der Waals surface area contributed by atoms with Gasteiger partial charge in [0.15, 0.2) is 0 Å². The molecule has 0 saturated heterocycles. The first kappa shape index (κ1) is 22.6. The maximum absolute atomic E-state index is 13.0. The van der Waals surface area contributed by atoms with E-state index < -0.39 is 5.97 Å². The Bertz CT molecular complexity index is 1320. The van der Waals surface area contributed by atoms with E-state index >= 15 is 0 Å². The first-order valence-corrected chi connectivity index (χ1v) is 11.1. The van der Waals surface area contributed by atoms with E-state index in [1.54, 1.807) is 49.6 Å². The van der Waals surface area contributed by atoms with Crippen molar-refractivity contribution in [3.05, 3.63) is 94.3 Å². The van der Waals surface area contributed by atoms with Crippen molar-refractivity contribution in [2.45, 2.75) is 26.8 Å². The zero-order chi connectivity index (χ0) is 23.5. The first-order chi connectivity index (χ1) is 15.9. The number of ether oxygens (including phenoxy) is 2. The highest BCUT2D eigenvalue weighted by atomic mass is 35.5. The number of esters is 1. The van der Waals surface area contributed by atoms with Gasteiger partial charge in [-0.05, 0) is 87.0 Å². The van der Waals surface area contributed by atoms with E-state index in [0.29, 0.717) is 27.9 Å². The normalized spacial score (nSPS) is 11.8. The van der Waals surface area contributed by atoms with E-state index in [-0.39, 0.29) is 6.04 Å². The number of hydrogen-bond acceptors (Lipinski definition) is 4. The Morgan fingerprint density at radius 2 is 1.67 bits per heavy atom. The van der Waals surface area contributed by atoms with E-state index in [2.05, 4.69) is 31.4 Å². The number of methoxy groups -OCH3 is 1. The second-order valence-corrected chi connectivity index (χ2v) is 8.50. The Morgan fingerprint density at radius 3 is 2.30 bits per heavy atom. The number of carbonyl (C=O) groups excluding carboxylic acids is 1. The lowest BCUT2D eigenvalue weighted by Gasteiger charge is -2.14. The number of aryl methyl sites for hydroxylation is 1. The highest BCUT2D eigenvalue weighted by Crippen LogP contribution is 2.28. The van der Waals surface area contributed by atoms with Crippen LogP contribution in [0.25, 0.3) is 22.9 Å². The average molecular weight is 461 g/mol. The molecule has 5 nitrogen and oxygen atoms in total. The number of rotatable bonds is 6. The van der Waals surface area contributed by atoms with Crippen molar-refractivity contribution in [1.82, 2.24) is 9.55 Å². The molecule has 0 unspecified atom stereocenters. The van der Waals surface area contributed by atoms with E-state index in [1.807, 2.05) is 24.3 Å². The number of aromatic nitrogens is 2. The predicted molar refractivity (Wildman–Crippen MR) is 133 cm³/mol. The van der Waals surface area contributed by atoms with Crippen LogP contribution in [0, 0.1) is 6.92 Å². The van der Waals surface area contributed by atoms with Gasteiger partial charge in [-0.15, -0.1) is 0 Å². The SMILES string of the molecule is COc1ccc(C(=O)OC(=Cc2nc3ccc(C)cc3n2C(C)C)c2ccc(Cl)cc2)cc1. The lowest BCUT2D eigenvalue weighted by molar-refractivity contribution is 0.0693. The molecule has 0 bridgehead atoms. The molecule has 1 aromatic heterocycles. The predicted octanol–water partition coefficient (Wildman–Crippen LogP) is 6.94. The van der Waals surface area contributed by atoms with Crippen LogP contribution in [0.4, 0.5) is 0 Å². The lowest BCUT2D eigenvalue weighted by Crippen LogP contribution is -2.07. The average Bonchev–Trinajstić information content (AvgIpc) is 3.16. The second-order valence-electron chi connectivity index (χ2n) is 8.06. The van der Waals surface area contributed by atoms with Crippen molar-refractivity contribution in [1.29, 1.82) is 0 Å². The molecular weight excluding hydrogens is 436 g/mol. The number of carbonyl (C=O) groups is 1. The van der Waals surface area contributed by atoms with Gasteiger partial charge in [-0.2, -0.15) is 0 Å². The molecule has 0 aliphatic rings. The number of imidazole rings is 1. The molecule has 6 heteroatoms. The molecule has 3 aromatic carbocycles. The Balaban J connectivity index is 1.80. The molecule has 168 valence electrons. The maximum Gasteiger partial charge on any atom is 0.343 e. The Labute approximate surface area is 198 Å².